The number of esters is 1. The summed E-state index contributed by atoms with van der Waals surface area (Å²) in [5.74, 6) is 1.87. The normalized spacial score (nSPS) is 52.3. The molecule has 5 atom stereocenters. The highest BCUT2D eigenvalue weighted by Crippen LogP contribution is 2.68. The maximum Gasteiger partial charge on any atom is 0.318 e. The molecular weight excluding hydrogens is 228 g/mol. The van der Waals surface area contributed by atoms with Crippen molar-refractivity contribution < 1.29 is 14.3 Å². The SMILES string of the molecule is O=C1OC[C@@H]2C[C@@]13C(=C1CCC[C@@H]12)[C@H]1CCO[C@H]13. The van der Waals surface area contributed by atoms with Crippen molar-refractivity contribution >= 4 is 5.97 Å². The minimum Gasteiger partial charge on any atom is -0.465 e. The Bertz CT molecular complexity index is 480. The molecule has 2 saturated heterocycles. The van der Waals surface area contributed by atoms with Crippen molar-refractivity contribution in [3.05, 3.63) is 11.1 Å². The molecule has 0 amide bonds. The van der Waals surface area contributed by atoms with Gasteiger partial charge in [0.05, 0.1) is 12.7 Å². The maximum absolute atomic E-state index is 12.4. The average molecular weight is 246 g/mol. The first-order valence-electron chi connectivity index (χ1n) is 7.34. The average Bonchev–Trinajstić information content (AvgIpc) is 2.99. The minimum atomic E-state index is -0.333. The molecule has 96 valence electrons. The summed E-state index contributed by atoms with van der Waals surface area (Å²) in [7, 11) is 0. The van der Waals surface area contributed by atoms with E-state index in [2.05, 4.69) is 0 Å². The maximum atomic E-state index is 12.4. The second-order valence-electron chi connectivity index (χ2n) is 6.66. The first-order valence-corrected chi connectivity index (χ1v) is 7.34. The lowest BCUT2D eigenvalue weighted by molar-refractivity contribution is -0.189. The minimum absolute atomic E-state index is 0.0229. The first kappa shape index (κ1) is 10.0. The van der Waals surface area contributed by atoms with Crippen molar-refractivity contribution in [1.82, 2.24) is 0 Å². The fourth-order valence-electron chi connectivity index (χ4n) is 5.59. The van der Waals surface area contributed by atoms with Gasteiger partial charge in [-0.25, -0.2) is 0 Å². The van der Waals surface area contributed by atoms with Gasteiger partial charge < -0.3 is 9.47 Å². The van der Waals surface area contributed by atoms with Crippen LogP contribution in [0, 0.1) is 23.2 Å². The molecule has 5 aliphatic rings. The zero-order valence-corrected chi connectivity index (χ0v) is 10.5. The Morgan fingerprint density at radius 3 is 3.11 bits per heavy atom. The van der Waals surface area contributed by atoms with Crippen LogP contribution in [0.1, 0.15) is 32.1 Å². The molecule has 0 aromatic heterocycles. The Labute approximate surface area is 107 Å². The number of rotatable bonds is 0. The van der Waals surface area contributed by atoms with E-state index in [4.69, 9.17) is 9.47 Å². The third-order valence-corrected chi connectivity index (χ3v) is 6.13. The lowest BCUT2D eigenvalue weighted by atomic mass is 9.46. The Morgan fingerprint density at radius 2 is 2.17 bits per heavy atom. The van der Waals surface area contributed by atoms with Crippen LogP contribution in [0.15, 0.2) is 11.1 Å². The number of carbonyl (C=O) groups excluding carboxylic acids is 1. The van der Waals surface area contributed by atoms with Gasteiger partial charge in [0.25, 0.3) is 0 Å². The third-order valence-electron chi connectivity index (χ3n) is 6.13. The second-order valence-corrected chi connectivity index (χ2v) is 6.66. The quantitative estimate of drug-likeness (QED) is 0.485. The molecule has 2 heterocycles. The van der Waals surface area contributed by atoms with E-state index in [0.29, 0.717) is 18.4 Å². The molecular formula is C15H18O3. The highest BCUT2D eigenvalue weighted by atomic mass is 16.5. The van der Waals surface area contributed by atoms with Crippen molar-refractivity contribution in [3.63, 3.8) is 0 Å². The number of hydrogen-bond acceptors (Lipinski definition) is 3. The molecule has 0 aromatic carbocycles. The third kappa shape index (κ3) is 0.870. The van der Waals surface area contributed by atoms with E-state index < -0.39 is 0 Å². The molecule has 4 fully saturated rings. The number of hydrogen-bond donors (Lipinski definition) is 0. The summed E-state index contributed by atoms with van der Waals surface area (Å²) in [6.07, 6.45) is 6.14. The number of carbonyl (C=O) groups is 1. The van der Waals surface area contributed by atoms with Crippen LogP contribution in [0.25, 0.3) is 0 Å². The summed E-state index contributed by atoms with van der Waals surface area (Å²) < 4.78 is 11.4. The number of allylic oxidation sites excluding steroid dienone is 1. The molecule has 5 rings (SSSR count). The fourth-order valence-corrected chi connectivity index (χ4v) is 5.59. The summed E-state index contributed by atoms with van der Waals surface area (Å²) in [5.41, 5.74) is 2.79. The standard InChI is InChI=1S/C15H18O3/c16-14-15-6-8(7-18-14)9-2-1-3-10(9)12(15)11-4-5-17-13(11)15/h8-9,11,13H,1-7H2/t8-,9+,11+,13+,15-/m0/s1. The summed E-state index contributed by atoms with van der Waals surface area (Å²) in [6.45, 7) is 1.48. The summed E-state index contributed by atoms with van der Waals surface area (Å²) in [6, 6.07) is 0. The molecule has 1 spiro atoms. The van der Waals surface area contributed by atoms with Gasteiger partial charge in [-0.3, -0.25) is 4.79 Å². The molecule has 3 aliphatic carbocycles. The largest absolute Gasteiger partial charge is 0.465 e. The van der Waals surface area contributed by atoms with Gasteiger partial charge in [0.15, 0.2) is 0 Å². The van der Waals surface area contributed by atoms with Crippen molar-refractivity contribution in [3.8, 4) is 0 Å². The topological polar surface area (TPSA) is 35.5 Å². The van der Waals surface area contributed by atoms with E-state index in [1.54, 1.807) is 5.57 Å². The Balaban J connectivity index is 1.74. The van der Waals surface area contributed by atoms with Gasteiger partial charge in [-0.2, -0.15) is 0 Å². The van der Waals surface area contributed by atoms with E-state index in [1.807, 2.05) is 0 Å². The van der Waals surface area contributed by atoms with Gasteiger partial charge >= 0.3 is 5.97 Å². The molecule has 2 saturated carbocycles. The van der Waals surface area contributed by atoms with Gasteiger partial charge in [0, 0.05) is 18.4 Å². The number of cyclic esters (lactones) is 1. The van der Waals surface area contributed by atoms with Gasteiger partial charge in [-0.05, 0) is 43.6 Å². The molecule has 2 bridgehead atoms. The predicted molar refractivity (Wildman–Crippen MR) is 63.7 cm³/mol. The van der Waals surface area contributed by atoms with Crippen LogP contribution < -0.4 is 0 Å². The van der Waals surface area contributed by atoms with Crippen LogP contribution in [-0.4, -0.2) is 25.3 Å². The van der Waals surface area contributed by atoms with E-state index in [-0.39, 0.29) is 17.5 Å². The lowest BCUT2D eigenvalue weighted by Crippen LogP contribution is -2.64. The first-order chi connectivity index (χ1) is 8.82. The number of fused-ring (bicyclic) bond motifs is 5. The summed E-state index contributed by atoms with van der Waals surface area (Å²) in [4.78, 5) is 12.4. The van der Waals surface area contributed by atoms with E-state index in [9.17, 15) is 4.79 Å². The lowest BCUT2D eigenvalue weighted by Gasteiger charge is -2.59. The van der Waals surface area contributed by atoms with E-state index in [1.165, 1.54) is 24.8 Å². The molecule has 0 aromatic rings. The summed E-state index contributed by atoms with van der Waals surface area (Å²) >= 11 is 0. The molecule has 0 unspecified atom stereocenters. The van der Waals surface area contributed by atoms with Crippen molar-refractivity contribution in [2.75, 3.05) is 13.2 Å². The van der Waals surface area contributed by atoms with Crippen LogP contribution in [-0.2, 0) is 14.3 Å². The van der Waals surface area contributed by atoms with Gasteiger partial charge in [0.2, 0.25) is 0 Å². The van der Waals surface area contributed by atoms with Gasteiger partial charge in [0.1, 0.15) is 5.41 Å². The zero-order valence-electron chi connectivity index (χ0n) is 10.5. The van der Waals surface area contributed by atoms with Crippen LogP contribution in [0.5, 0.6) is 0 Å². The molecule has 3 nitrogen and oxygen atoms in total. The van der Waals surface area contributed by atoms with Crippen molar-refractivity contribution in [2.45, 2.75) is 38.2 Å². The van der Waals surface area contributed by atoms with Gasteiger partial charge in [-0.15, -0.1) is 0 Å². The second kappa shape index (κ2) is 3.01. The smallest absolute Gasteiger partial charge is 0.318 e. The van der Waals surface area contributed by atoms with Crippen LogP contribution in [0.2, 0.25) is 0 Å². The number of ether oxygens (including phenoxy) is 2. The Hall–Kier alpha value is -0.830. The highest BCUT2D eigenvalue weighted by molar-refractivity contribution is 5.86. The monoisotopic (exact) mass is 246 g/mol. The van der Waals surface area contributed by atoms with Gasteiger partial charge in [-0.1, -0.05) is 5.57 Å². The Kier molecular flexibility index (Phi) is 1.67. The molecule has 0 radical (unpaired) electrons. The van der Waals surface area contributed by atoms with Crippen LogP contribution in [0.4, 0.5) is 0 Å². The zero-order chi connectivity index (χ0) is 11.9. The van der Waals surface area contributed by atoms with Crippen LogP contribution in [0.3, 0.4) is 0 Å². The fraction of sp³-hybridized carbons (Fsp3) is 0.800. The van der Waals surface area contributed by atoms with E-state index in [0.717, 1.165) is 25.4 Å². The molecule has 0 N–H and O–H groups in total. The predicted octanol–water partition coefficient (Wildman–Crippen LogP) is 2.06. The molecule has 2 aliphatic heterocycles. The molecule has 18 heavy (non-hydrogen) atoms. The van der Waals surface area contributed by atoms with Crippen molar-refractivity contribution in [1.29, 1.82) is 0 Å². The molecule has 3 heteroatoms. The van der Waals surface area contributed by atoms with Crippen molar-refractivity contribution in [2.24, 2.45) is 23.2 Å². The highest BCUT2D eigenvalue weighted by Gasteiger charge is 2.71. The van der Waals surface area contributed by atoms with E-state index >= 15 is 0 Å². The Morgan fingerprint density at radius 1 is 1.22 bits per heavy atom. The van der Waals surface area contributed by atoms with Crippen LogP contribution >= 0.6 is 0 Å². The summed E-state index contributed by atoms with van der Waals surface area (Å²) in [5, 5.41) is 0.